The number of hydrogen-bond donors (Lipinski definition) is 1. The Hall–Kier alpha value is -2.60. The number of furan rings is 1. The van der Waals surface area contributed by atoms with Crippen molar-refractivity contribution in [3.63, 3.8) is 0 Å². The van der Waals surface area contributed by atoms with Gasteiger partial charge in [0, 0.05) is 19.7 Å². The van der Waals surface area contributed by atoms with E-state index in [1.807, 2.05) is 12.1 Å². The quantitative estimate of drug-likeness (QED) is 0.886. The molecule has 0 aliphatic rings. The van der Waals surface area contributed by atoms with Gasteiger partial charge in [0.2, 0.25) is 0 Å². The number of nitrogens with zero attached hydrogens (tertiary/aromatic N) is 1. The second-order valence-electron chi connectivity index (χ2n) is 5.28. The molecule has 0 aliphatic carbocycles. The fourth-order valence-corrected chi connectivity index (χ4v) is 2.27. The minimum Gasteiger partial charge on any atom is -0.478 e. The Morgan fingerprint density at radius 2 is 1.91 bits per heavy atom. The number of benzene rings is 1. The first kappa shape index (κ1) is 16.8. The molecule has 0 saturated heterocycles. The number of aryl methyl sites for hydroxylation is 1. The van der Waals surface area contributed by atoms with Crippen molar-refractivity contribution in [3.8, 4) is 0 Å². The van der Waals surface area contributed by atoms with Gasteiger partial charge in [0.05, 0.1) is 13.2 Å². The van der Waals surface area contributed by atoms with Crippen molar-refractivity contribution in [2.24, 2.45) is 0 Å². The average Bonchev–Trinajstić information content (AvgIpc) is 2.88. The van der Waals surface area contributed by atoms with E-state index in [0.29, 0.717) is 23.7 Å². The number of carbonyl (C=O) groups excluding carboxylic acids is 1. The average molecular weight is 317 g/mol. The van der Waals surface area contributed by atoms with Crippen LogP contribution in [0.4, 0.5) is 0 Å². The minimum absolute atomic E-state index is 0.116. The SMILES string of the molecule is COCc1ccc(C(=O)N(C)Cc2cc(C(=O)O)c(C)o2)cc1. The summed E-state index contributed by atoms with van der Waals surface area (Å²) < 4.78 is 10.4. The molecule has 1 aromatic carbocycles. The highest BCUT2D eigenvalue weighted by Gasteiger charge is 2.17. The molecule has 0 unspecified atom stereocenters. The first-order chi connectivity index (χ1) is 10.9. The summed E-state index contributed by atoms with van der Waals surface area (Å²) in [5.74, 6) is -0.441. The third-order valence-corrected chi connectivity index (χ3v) is 3.45. The fraction of sp³-hybridized carbons (Fsp3) is 0.294. The van der Waals surface area contributed by atoms with Crippen LogP contribution in [0.3, 0.4) is 0 Å². The van der Waals surface area contributed by atoms with Gasteiger partial charge in [-0.25, -0.2) is 4.79 Å². The molecular weight excluding hydrogens is 298 g/mol. The molecule has 2 rings (SSSR count). The molecule has 6 heteroatoms. The zero-order valence-corrected chi connectivity index (χ0v) is 13.3. The van der Waals surface area contributed by atoms with E-state index in [0.717, 1.165) is 5.56 Å². The van der Waals surface area contributed by atoms with Crippen LogP contribution >= 0.6 is 0 Å². The highest BCUT2D eigenvalue weighted by Crippen LogP contribution is 2.17. The molecule has 1 heterocycles. The standard InChI is InChI=1S/C17H19NO5/c1-11-15(17(20)21)8-14(23-11)9-18(2)16(19)13-6-4-12(5-7-13)10-22-3/h4-8H,9-10H2,1-3H3,(H,20,21). The smallest absolute Gasteiger partial charge is 0.339 e. The maximum atomic E-state index is 12.4. The Balaban J connectivity index is 2.07. The predicted octanol–water partition coefficient (Wildman–Crippen LogP) is 2.70. The van der Waals surface area contributed by atoms with Gasteiger partial charge >= 0.3 is 5.97 Å². The molecule has 0 bridgehead atoms. The summed E-state index contributed by atoms with van der Waals surface area (Å²) in [6, 6.07) is 8.60. The van der Waals surface area contributed by atoms with Crippen LogP contribution in [-0.2, 0) is 17.9 Å². The van der Waals surface area contributed by atoms with Gasteiger partial charge in [0.25, 0.3) is 5.91 Å². The highest BCUT2D eigenvalue weighted by atomic mass is 16.5. The Labute approximate surface area is 134 Å². The molecular formula is C17H19NO5. The number of carboxylic acid groups (broad SMARTS) is 1. The first-order valence-electron chi connectivity index (χ1n) is 7.08. The second kappa shape index (κ2) is 7.11. The number of ether oxygens (including phenoxy) is 1. The summed E-state index contributed by atoms with van der Waals surface area (Å²) in [6.45, 7) is 2.28. The second-order valence-corrected chi connectivity index (χ2v) is 5.28. The zero-order valence-electron chi connectivity index (χ0n) is 13.3. The molecule has 0 spiro atoms. The number of methoxy groups -OCH3 is 1. The Bertz CT molecular complexity index is 702. The molecule has 0 radical (unpaired) electrons. The lowest BCUT2D eigenvalue weighted by molar-refractivity contribution is 0.0694. The summed E-state index contributed by atoms with van der Waals surface area (Å²) in [4.78, 5) is 24.9. The minimum atomic E-state index is -1.04. The van der Waals surface area contributed by atoms with Crippen LogP contribution in [0.25, 0.3) is 0 Å². The number of carbonyl (C=O) groups is 2. The summed E-state index contributed by atoms with van der Waals surface area (Å²) in [6.07, 6.45) is 0. The predicted molar refractivity (Wildman–Crippen MR) is 83.4 cm³/mol. The van der Waals surface area contributed by atoms with E-state index in [1.54, 1.807) is 33.2 Å². The highest BCUT2D eigenvalue weighted by molar-refractivity contribution is 5.94. The third kappa shape index (κ3) is 3.98. The molecule has 0 saturated carbocycles. The lowest BCUT2D eigenvalue weighted by atomic mass is 10.1. The van der Waals surface area contributed by atoms with Gasteiger partial charge in [-0.1, -0.05) is 12.1 Å². The normalized spacial score (nSPS) is 10.6. The number of hydrogen-bond acceptors (Lipinski definition) is 4. The summed E-state index contributed by atoms with van der Waals surface area (Å²) in [5, 5.41) is 9.02. The van der Waals surface area contributed by atoms with Crippen molar-refractivity contribution >= 4 is 11.9 Å². The van der Waals surface area contributed by atoms with Crippen molar-refractivity contribution in [3.05, 3.63) is 58.5 Å². The number of carboxylic acids is 1. The van der Waals surface area contributed by atoms with Crippen LogP contribution in [0.15, 0.2) is 34.7 Å². The van der Waals surface area contributed by atoms with Crippen LogP contribution < -0.4 is 0 Å². The third-order valence-electron chi connectivity index (χ3n) is 3.45. The van der Waals surface area contributed by atoms with Crippen molar-refractivity contribution in [2.75, 3.05) is 14.2 Å². The van der Waals surface area contributed by atoms with Crippen LogP contribution in [0.2, 0.25) is 0 Å². The van der Waals surface area contributed by atoms with Crippen LogP contribution in [-0.4, -0.2) is 36.0 Å². The maximum absolute atomic E-state index is 12.4. The molecule has 23 heavy (non-hydrogen) atoms. The molecule has 6 nitrogen and oxygen atoms in total. The lowest BCUT2D eigenvalue weighted by Crippen LogP contribution is -2.26. The fourth-order valence-electron chi connectivity index (χ4n) is 2.27. The van der Waals surface area contributed by atoms with Crippen LogP contribution in [0, 0.1) is 6.92 Å². The van der Waals surface area contributed by atoms with E-state index in [1.165, 1.54) is 11.0 Å². The van der Waals surface area contributed by atoms with E-state index < -0.39 is 5.97 Å². The van der Waals surface area contributed by atoms with E-state index in [9.17, 15) is 9.59 Å². The van der Waals surface area contributed by atoms with Crippen molar-refractivity contribution in [1.82, 2.24) is 4.90 Å². The van der Waals surface area contributed by atoms with Crippen molar-refractivity contribution in [1.29, 1.82) is 0 Å². The van der Waals surface area contributed by atoms with E-state index in [4.69, 9.17) is 14.3 Å². The van der Waals surface area contributed by atoms with Crippen LogP contribution in [0.5, 0.6) is 0 Å². The lowest BCUT2D eigenvalue weighted by Gasteiger charge is -2.16. The molecule has 0 atom stereocenters. The Kier molecular flexibility index (Phi) is 5.18. The molecule has 2 aromatic rings. The largest absolute Gasteiger partial charge is 0.478 e. The number of aromatic carboxylic acids is 1. The van der Waals surface area contributed by atoms with Gasteiger partial charge in [0.1, 0.15) is 17.1 Å². The Morgan fingerprint density at radius 1 is 1.26 bits per heavy atom. The topological polar surface area (TPSA) is 80.0 Å². The van der Waals surface area contributed by atoms with Crippen molar-refractivity contribution in [2.45, 2.75) is 20.1 Å². The monoisotopic (exact) mass is 317 g/mol. The molecule has 0 aliphatic heterocycles. The molecule has 1 aromatic heterocycles. The van der Waals surface area contributed by atoms with Gasteiger partial charge in [-0.05, 0) is 30.7 Å². The summed E-state index contributed by atoms with van der Waals surface area (Å²) in [7, 11) is 3.26. The molecule has 1 amide bonds. The number of amides is 1. The van der Waals surface area contributed by atoms with Crippen LogP contribution in [0.1, 0.15) is 37.8 Å². The molecule has 122 valence electrons. The Morgan fingerprint density at radius 3 is 2.43 bits per heavy atom. The van der Waals surface area contributed by atoms with Gasteiger partial charge in [0.15, 0.2) is 0 Å². The van der Waals surface area contributed by atoms with E-state index in [-0.39, 0.29) is 18.0 Å². The summed E-state index contributed by atoms with van der Waals surface area (Å²) in [5.41, 5.74) is 1.65. The van der Waals surface area contributed by atoms with Gasteiger partial charge in [-0.2, -0.15) is 0 Å². The van der Waals surface area contributed by atoms with Gasteiger partial charge < -0.3 is 19.2 Å². The number of rotatable bonds is 6. The molecule has 0 fully saturated rings. The first-order valence-corrected chi connectivity index (χ1v) is 7.08. The summed E-state index contributed by atoms with van der Waals surface area (Å²) >= 11 is 0. The van der Waals surface area contributed by atoms with Gasteiger partial charge in [-0.15, -0.1) is 0 Å². The zero-order chi connectivity index (χ0) is 17.0. The van der Waals surface area contributed by atoms with Gasteiger partial charge in [-0.3, -0.25) is 4.79 Å². The maximum Gasteiger partial charge on any atom is 0.339 e. The van der Waals surface area contributed by atoms with Crippen molar-refractivity contribution < 1.29 is 23.8 Å². The molecule has 1 N–H and O–H groups in total. The van der Waals surface area contributed by atoms with E-state index >= 15 is 0 Å². The van der Waals surface area contributed by atoms with E-state index in [2.05, 4.69) is 0 Å².